The molecule has 0 unspecified atom stereocenters. The summed E-state index contributed by atoms with van der Waals surface area (Å²) < 4.78 is 5.50. The van der Waals surface area contributed by atoms with E-state index in [1.807, 2.05) is 18.7 Å². The Morgan fingerprint density at radius 1 is 1.40 bits per heavy atom. The number of fused-ring (bicyclic) bond motifs is 1. The number of aromatic amines is 1. The number of benzene rings is 1. The number of pyridine rings is 1. The van der Waals surface area contributed by atoms with E-state index in [0.717, 1.165) is 5.69 Å². The summed E-state index contributed by atoms with van der Waals surface area (Å²) in [6, 6.07) is 3.30. The van der Waals surface area contributed by atoms with Crippen molar-refractivity contribution in [1.82, 2.24) is 4.98 Å². The number of nitrogens with zero attached hydrogens (tertiary/aromatic N) is 2. The molecule has 3 N–H and O–H groups in total. The van der Waals surface area contributed by atoms with E-state index in [4.69, 9.17) is 9.84 Å². The van der Waals surface area contributed by atoms with Gasteiger partial charge in [-0.1, -0.05) is 19.0 Å². The predicted molar refractivity (Wildman–Crippen MR) is 93.3 cm³/mol. The number of oxime groups is 1. The van der Waals surface area contributed by atoms with Crippen LogP contribution < -0.4 is 15.1 Å². The summed E-state index contributed by atoms with van der Waals surface area (Å²) in [5.74, 6) is -0.835. The number of aromatic carboxylic acids is 1. The Kier molecular flexibility index (Phi) is 3.90. The Morgan fingerprint density at radius 3 is 2.68 bits per heavy atom. The molecule has 1 aromatic carbocycles. The van der Waals surface area contributed by atoms with Gasteiger partial charge in [-0.2, -0.15) is 0 Å². The molecule has 0 atom stereocenters. The quantitative estimate of drug-likeness (QED) is 0.578. The lowest BCUT2D eigenvalue weighted by Crippen LogP contribution is -2.24. The van der Waals surface area contributed by atoms with E-state index >= 15 is 0 Å². The molecular formula is C17H19N3O5. The van der Waals surface area contributed by atoms with Crippen molar-refractivity contribution in [2.45, 2.75) is 13.8 Å². The van der Waals surface area contributed by atoms with Crippen molar-refractivity contribution in [3.8, 4) is 5.75 Å². The third kappa shape index (κ3) is 2.59. The summed E-state index contributed by atoms with van der Waals surface area (Å²) in [6.07, 6.45) is 1.17. The van der Waals surface area contributed by atoms with Crippen molar-refractivity contribution in [2.75, 3.05) is 25.1 Å². The van der Waals surface area contributed by atoms with Crippen LogP contribution in [0.25, 0.3) is 10.9 Å². The van der Waals surface area contributed by atoms with E-state index in [2.05, 4.69) is 10.1 Å². The van der Waals surface area contributed by atoms with E-state index in [1.54, 1.807) is 12.1 Å². The maximum absolute atomic E-state index is 12.3. The van der Waals surface area contributed by atoms with Crippen LogP contribution in [0, 0.1) is 5.41 Å². The third-order valence-corrected chi connectivity index (χ3v) is 4.59. The van der Waals surface area contributed by atoms with Crippen LogP contribution >= 0.6 is 0 Å². The van der Waals surface area contributed by atoms with Gasteiger partial charge in [0.15, 0.2) is 5.75 Å². The molecule has 1 fully saturated rings. The fourth-order valence-corrected chi connectivity index (χ4v) is 3.23. The minimum absolute atomic E-state index is 0.245. The molecule has 8 nitrogen and oxygen atoms in total. The van der Waals surface area contributed by atoms with Gasteiger partial charge in [-0.3, -0.25) is 4.79 Å². The molecule has 0 saturated carbocycles. The predicted octanol–water partition coefficient (Wildman–Crippen LogP) is 1.91. The number of aromatic nitrogens is 1. The van der Waals surface area contributed by atoms with Gasteiger partial charge in [0.25, 0.3) is 0 Å². The Morgan fingerprint density at radius 2 is 2.12 bits per heavy atom. The molecule has 1 aliphatic rings. The standard InChI is InChI=1S/C17H19N3O5/c1-17(2)8-20(7-12(17)19-24)11-5-4-9-13(15(11)25-3)18-6-10(14(9)21)16(22)23/h4-6,24H,7-8H2,1-3H3,(H,18,21)(H,22,23). The number of rotatable bonds is 3. The minimum atomic E-state index is -1.28. The molecule has 0 bridgehead atoms. The number of carboxylic acid groups (broad SMARTS) is 1. The number of ether oxygens (including phenoxy) is 1. The summed E-state index contributed by atoms with van der Waals surface area (Å²) in [7, 11) is 1.49. The molecule has 1 aromatic heterocycles. The highest BCUT2D eigenvalue weighted by atomic mass is 16.5. The molecule has 0 aliphatic carbocycles. The zero-order valence-electron chi connectivity index (χ0n) is 14.2. The second kappa shape index (κ2) is 5.80. The van der Waals surface area contributed by atoms with Crippen molar-refractivity contribution in [1.29, 1.82) is 0 Å². The van der Waals surface area contributed by atoms with Gasteiger partial charge in [-0.15, -0.1) is 0 Å². The molecule has 0 radical (unpaired) electrons. The van der Waals surface area contributed by atoms with Crippen LogP contribution in [-0.4, -0.2) is 47.2 Å². The van der Waals surface area contributed by atoms with Gasteiger partial charge in [0, 0.05) is 18.2 Å². The molecule has 0 spiro atoms. The van der Waals surface area contributed by atoms with Crippen LogP contribution in [0.5, 0.6) is 5.75 Å². The third-order valence-electron chi connectivity index (χ3n) is 4.59. The maximum atomic E-state index is 12.3. The molecule has 0 amide bonds. The van der Waals surface area contributed by atoms with Crippen LogP contribution in [0.4, 0.5) is 5.69 Å². The van der Waals surface area contributed by atoms with Crippen LogP contribution in [0.15, 0.2) is 28.3 Å². The smallest absolute Gasteiger partial charge is 0.341 e. The average Bonchev–Trinajstić information content (AvgIpc) is 2.88. The number of nitrogens with one attached hydrogen (secondary N) is 1. The zero-order chi connectivity index (χ0) is 18.4. The van der Waals surface area contributed by atoms with Crippen LogP contribution in [0.2, 0.25) is 0 Å². The number of methoxy groups -OCH3 is 1. The number of hydrogen-bond acceptors (Lipinski definition) is 6. The van der Waals surface area contributed by atoms with E-state index in [0.29, 0.717) is 30.1 Å². The highest BCUT2D eigenvalue weighted by Gasteiger charge is 2.38. The Bertz CT molecular complexity index is 945. The summed E-state index contributed by atoms with van der Waals surface area (Å²) >= 11 is 0. The fourth-order valence-electron chi connectivity index (χ4n) is 3.23. The van der Waals surface area contributed by atoms with Crippen molar-refractivity contribution >= 4 is 28.3 Å². The van der Waals surface area contributed by atoms with Crippen LogP contribution in [0.3, 0.4) is 0 Å². The molecule has 8 heteroatoms. The Labute approximate surface area is 143 Å². The number of carboxylic acids is 1. The maximum Gasteiger partial charge on any atom is 0.341 e. The van der Waals surface area contributed by atoms with Crippen molar-refractivity contribution in [3.63, 3.8) is 0 Å². The lowest BCUT2D eigenvalue weighted by Gasteiger charge is -2.23. The van der Waals surface area contributed by atoms with E-state index < -0.39 is 11.4 Å². The Balaban J connectivity index is 2.17. The summed E-state index contributed by atoms with van der Waals surface area (Å²) in [5, 5.41) is 21.9. The highest BCUT2D eigenvalue weighted by molar-refractivity contribution is 6.00. The molecule has 1 aliphatic heterocycles. The molecule has 2 aromatic rings. The molecule has 1 saturated heterocycles. The molecule has 2 heterocycles. The number of anilines is 1. The Hall–Kier alpha value is -3.03. The average molecular weight is 345 g/mol. The van der Waals surface area contributed by atoms with Crippen LogP contribution in [0.1, 0.15) is 24.2 Å². The van der Waals surface area contributed by atoms with Crippen molar-refractivity contribution in [2.24, 2.45) is 10.6 Å². The first-order valence-electron chi connectivity index (χ1n) is 7.72. The van der Waals surface area contributed by atoms with E-state index in [1.165, 1.54) is 13.3 Å². The molecule has 25 heavy (non-hydrogen) atoms. The van der Waals surface area contributed by atoms with E-state index in [9.17, 15) is 14.8 Å². The second-order valence-corrected chi connectivity index (χ2v) is 6.66. The number of carbonyl (C=O) groups is 1. The van der Waals surface area contributed by atoms with Gasteiger partial charge in [0.2, 0.25) is 5.43 Å². The number of hydrogen-bond donors (Lipinski definition) is 3. The summed E-state index contributed by atoms with van der Waals surface area (Å²) in [5.41, 5.74) is 0.645. The number of H-pyrrole nitrogens is 1. The van der Waals surface area contributed by atoms with Gasteiger partial charge in [-0.25, -0.2) is 4.79 Å². The normalized spacial score (nSPS) is 18.0. The SMILES string of the molecule is COc1c(N2CC(=NO)C(C)(C)C2)ccc2c(=O)c(C(=O)O)c[nH]c12. The van der Waals surface area contributed by atoms with Gasteiger partial charge in [-0.05, 0) is 12.1 Å². The molecular weight excluding hydrogens is 326 g/mol. The first kappa shape index (κ1) is 16.8. The van der Waals surface area contributed by atoms with Gasteiger partial charge in [0.05, 0.1) is 36.0 Å². The lowest BCUT2D eigenvalue weighted by atomic mass is 9.91. The second-order valence-electron chi connectivity index (χ2n) is 6.66. The van der Waals surface area contributed by atoms with Gasteiger partial charge in [0.1, 0.15) is 5.56 Å². The summed E-state index contributed by atoms with van der Waals surface area (Å²) in [6.45, 7) is 5.02. The molecule has 132 valence electrons. The first-order valence-corrected chi connectivity index (χ1v) is 7.72. The first-order chi connectivity index (χ1) is 11.8. The summed E-state index contributed by atoms with van der Waals surface area (Å²) in [4.78, 5) is 28.3. The zero-order valence-corrected chi connectivity index (χ0v) is 14.2. The minimum Gasteiger partial charge on any atom is -0.492 e. The highest BCUT2D eigenvalue weighted by Crippen LogP contribution is 2.38. The fraction of sp³-hybridized carbons (Fsp3) is 0.353. The topological polar surface area (TPSA) is 115 Å². The van der Waals surface area contributed by atoms with Crippen molar-refractivity contribution in [3.05, 3.63) is 34.1 Å². The van der Waals surface area contributed by atoms with Gasteiger partial charge < -0.3 is 24.9 Å². The van der Waals surface area contributed by atoms with E-state index in [-0.39, 0.29) is 16.4 Å². The lowest BCUT2D eigenvalue weighted by molar-refractivity contribution is 0.0695. The largest absolute Gasteiger partial charge is 0.492 e. The van der Waals surface area contributed by atoms with Gasteiger partial charge >= 0.3 is 5.97 Å². The van der Waals surface area contributed by atoms with Crippen molar-refractivity contribution < 1.29 is 19.8 Å². The van der Waals surface area contributed by atoms with Crippen LogP contribution in [-0.2, 0) is 0 Å². The monoisotopic (exact) mass is 345 g/mol. The molecule has 3 rings (SSSR count).